The first-order valence-electron chi connectivity index (χ1n) is 8.40. The quantitative estimate of drug-likeness (QED) is 0.360. The van der Waals surface area contributed by atoms with Crippen molar-refractivity contribution in [3.8, 4) is 11.1 Å². The van der Waals surface area contributed by atoms with Gasteiger partial charge in [-0.15, -0.1) is 0 Å². The molecular formula is C22H23N. The molecule has 23 heavy (non-hydrogen) atoms. The molecule has 1 heteroatoms. The molecule has 3 aromatic carbocycles. The molecule has 0 bridgehead atoms. The highest BCUT2D eigenvalue weighted by Crippen LogP contribution is 2.27. The monoisotopic (exact) mass is 301 g/mol. The number of hydrogen-bond acceptors (Lipinski definition) is 1. The summed E-state index contributed by atoms with van der Waals surface area (Å²) >= 11 is 0. The van der Waals surface area contributed by atoms with Gasteiger partial charge in [0.25, 0.3) is 0 Å². The van der Waals surface area contributed by atoms with Crippen molar-refractivity contribution in [1.82, 2.24) is 0 Å². The highest BCUT2D eigenvalue weighted by atomic mass is 14.7. The average molecular weight is 301 g/mol. The zero-order valence-electron chi connectivity index (χ0n) is 13.8. The predicted octanol–water partition coefficient (Wildman–Crippen LogP) is 6.57. The van der Waals surface area contributed by atoms with E-state index in [-0.39, 0.29) is 0 Å². The van der Waals surface area contributed by atoms with Crippen LogP contribution in [-0.4, -0.2) is 6.72 Å². The smallest absolute Gasteiger partial charge is 0.0628 e. The van der Waals surface area contributed by atoms with Gasteiger partial charge >= 0.3 is 0 Å². The second-order valence-electron chi connectivity index (χ2n) is 6.06. The van der Waals surface area contributed by atoms with Crippen molar-refractivity contribution in [1.29, 1.82) is 0 Å². The minimum atomic E-state index is 0.918. The molecule has 0 aliphatic rings. The molecule has 0 aliphatic heterocycles. The predicted molar refractivity (Wildman–Crippen MR) is 102 cm³/mol. The zero-order chi connectivity index (χ0) is 16.1. The Morgan fingerprint density at radius 1 is 0.783 bits per heavy atom. The van der Waals surface area contributed by atoms with Crippen LogP contribution >= 0.6 is 0 Å². The molecule has 116 valence electrons. The summed E-state index contributed by atoms with van der Waals surface area (Å²) in [5.74, 6) is 0. The second kappa shape index (κ2) is 7.23. The Bertz CT molecular complexity index is 800. The number of aryl methyl sites for hydroxylation is 1. The van der Waals surface area contributed by atoms with E-state index in [1.807, 2.05) is 6.07 Å². The fourth-order valence-electron chi connectivity index (χ4n) is 2.95. The highest BCUT2D eigenvalue weighted by molar-refractivity contribution is 5.89. The first-order chi connectivity index (χ1) is 11.3. The molecular weight excluding hydrogens is 278 g/mol. The number of hydrogen-bond donors (Lipinski definition) is 0. The van der Waals surface area contributed by atoms with Crippen LogP contribution in [0.2, 0.25) is 0 Å². The summed E-state index contributed by atoms with van der Waals surface area (Å²) in [6.07, 6.45) is 5.06. The first kappa shape index (κ1) is 15.5. The lowest BCUT2D eigenvalue weighted by Crippen LogP contribution is -1.86. The van der Waals surface area contributed by atoms with Gasteiger partial charge in [0.05, 0.1) is 5.69 Å². The van der Waals surface area contributed by atoms with Gasteiger partial charge in [0.15, 0.2) is 0 Å². The lowest BCUT2D eigenvalue weighted by Gasteiger charge is -2.07. The summed E-state index contributed by atoms with van der Waals surface area (Å²) < 4.78 is 0. The Kier molecular flexibility index (Phi) is 4.87. The van der Waals surface area contributed by atoms with Gasteiger partial charge in [-0.25, -0.2) is 0 Å². The van der Waals surface area contributed by atoms with Crippen LogP contribution in [-0.2, 0) is 6.42 Å². The number of aliphatic imine (C=N–C) groups is 1. The van der Waals surface area contributed by atoms with Crippen molar-refractivity contribution in [2.24, 2.45) is 4.99 Å². The molecule has 0 aromatic heterocycles. The molecule has 0 amide bonds. The van der Waals surface area contributed by atoms with Crippen molar-refractivity contribution in [3.05, 3.63) is 66.2 Å². The van der Waals surface area contributed by atoms with Crippen LogP contribution in [0.1, 0.15) is 31.7 Å². The molecule has 0 atom stereocenters. The Labute approximate surface area is 138 Å². The topological polar surface area (TPSA) is 12.4 Å². The molecule has 0 N–H and O–H groups in total. The average Bonchev–Trinajstić information content (AvgIpc) is 2.61. The van der Waals surface area contributed by atoms with E-state index in [0.717, 1.165) is 5.69 Å². The van der Waals surface area contributed by atoms with E-state index in [4.69, 9.17) is 0 Å². The summed E-state index contributed by atoms with van der Waals surface area (Å²) in [6.45, 7) is 5.83. The van der Waals surface area contributed by atoms with Gasteiger partial charge in [-0.1, -0.05) is 62.2 Å². The van der Waals surface area contributed by atoms with Crippen LogP contribution in [0.3, 0.4) is 0 Å². The van der Waals surface area contributed by atoms with Crippen LogP contribution in [0.25, 0.3) is 21.9 Å². The minimum Gasteiger partial charge on any atom is -0.265 e. The van der Waals surface area contributed by atoms with E-state index in [2.05, 4.69) is 73.2 Å². The van der Waals surface area contributed by atoms with Crippen molar-refractivity contribution < 1.29 is 0 Å². The number of unbranched alkanes of at least 4 members (excludes halogenated alkanes) is 2. The van der Waals surface area contributed by atoms with E-state index in [1.54, 1.807) is 0 Å². The molecule has 0 radical (unpaired) electrons. The number of fused-ring (bicyclic) bond motifs is 1. The van der Waals surface area contributed by atoms with Crippen LogP contribution in [0, 0.1) is 0 Å². The third-order valence-corrected chi connectivity index (χ3v) is 4.36. The van der Waals surface area contributed by atoms with Gasteiger partial charge in [-0.05, 0) is 65.2 Å². The summed E-state index contributed by atoms with van der Waals surface area (Å²) in [5.41, 5.74) is 4.89. The van der Waals surface area contributed by atoms with Gasteiger partial charge in [-0.2, -0.15) is 0 Å². The van der Waals surface area contributed by atoms with E-state index in [0.29, 0.717) is 0 Å². The number of benzene rings is 3. The molecule has 1 nitrogen and oxygen atoms in total. The second-order valence-corrected chi connectivity index (χ2v) is 6.06. The third-order valence-electron chi connectivity index (χ3n) is 4.36. The van der Waals surface area contributed by atoms with Crippen LogP contribution in [0.4, 0.5) is 5.69 Å². The molecule has 3 rings (SSSR count). The lowest BCUT2D eigenvalue weighted by atomic mass is 9.99. The normalized spacial score (nSPS) is 10.8. The summed E-state index contributed by atoms with van der Waals surface area (Å²) in [6, 6.07) is 21.8. The van der Waals surface area contributed by atoms with Gasteiger partial charge in [0, 0.05) is 0 Å². The van der Waals surface area contributed by atoms with Gasteiger partial charge < -0.3 is 0 Å². The van der Waals surface area contributed by atoms with Crippen LogP contribution in [0.5, 0.6) is 0 Å². The molecule has 0 saturated carbocycles. The fourth-order valence-corrected chi connectivity index (χ4v) is 2.95. The van der Waals surface area contributed by atoms with Crippen molar-refractivity contribution >= 4 is 23.2 Å². The maximum Gasteiger partial charge on any atom is 0.0628 e. The summed E-state index contributed by atoms with van der Waals surface area (Å²) in [5, 5.41) is 2.44. The SMILES string of the molecule is C=Nc1ccc2cc(-c3ccc(CCCCC)cc3)ccc2c1. The molecule has 0 unspecified atom stereocenters. The molecule has 0 saturated heterocycles. The Hall–Kier alpha value is -2.41. The van der Waals surface area contributed by atoms with Crippen molar-refractivity contribution in [2.45, 2.75) is 32.6 Å². The van der Waals surface area contributed by atoms with E-state index < -0.39 is 0 Å². The zero-order valence-corrected chi connectivity index (χ0v) is 13.8. The molecule has 0 fully saturated rings. The maximum atomic E-state index is 3.99. The Morgan fingerprint density at radius 3 is 2.22 bits per heavy atom. The first-order valence-corrected chi connectivity index (χ1v) is 8.40. The molecule has 3 aromatic rings. The standard InChI is InChI=1S/C22H23N/c1-3-4-5-6-17-7-9-18(10-8-17)19-11-12-21-16-22(23-2)14-13-20(21)15-19/h7-16H,2-6H2,1H3. The largest absolute Gasteiger partial charge is 0.265 e. The lowest BCUT2D eigenvalue weighted by molar-refractivity contribution is 0.717. The van der Waals surface area contributed by atoms with E-state index in [1.165, 1.54) is 53.1 Å². The highest BCUT2D eigenvalue weighted by Gasteiger charge is 2.01. The molecule has 0 aliphatic carbocycles. The third kappa shape index (κ3) is 3.68. The molecule has 0 heterocycles. The maximum absolute atomic E-state index is 3.99. The summed E-state index contributed by atoms with van der Waals surface area (Å²) in [4.78, 5) is 3.99. The van der Waals surface area contributed by atoms with Gasteiger partial charge in [-0.3, -0.25) is 4.99 Å². The van der Waals surface area contributed by atoms with E-state index in [9.17, 15) is 0 Å². The Morgan fingerprint density at radius 2 is 1.48 bits per heavy atom. The number of nitrogens with zero attached hydrogens (tertiary/aromatic N) is 1. The van der Waals surface area contributed by atoms with Gasteiger partial charge in [0.2, 0.25) is 0 Å². The van der Waals surface area contributed by atoms with E-state index >= 15 is 0 Å². The van der Waals surface area contributed by atoms with Crippen LogP contribution in [0.15, 0.2) is 65.7 Å². The number of rotatable bonds is 6. The van der Waals surface area contributed by atoms with Gasteiger partial charge in [0.1, 0.15) is 0 Å². The van der Waals surface area contributed by atoms with Crippen molar-refractivity contribution in [2.75, 3.05) is 0 Å². The Balaban J connectivity index is 1.83. The fraction of sp³-hybridized carbons (Fsp3) is 0.227. The van der Waals surface area contributed by atoms with Crippen molar-refractivity contribution in [3.63, 3.8) is 0 Å². The minimum absolute atomic E-state index is 0.918. The summed E-state index contributed by atoms with van der Waals surface area (Å²) in [7, 11) is 0. The molecule has 0 spiro atoms. The van der Waals surface area contributed by atoms with Crippen LogP contribution < -0.4 is 0 Å².